The molecule has 0 bridgehead atoms. The number of nitrogens with zero attached hydrogens (tertiary/aromatic N) is 2. The maximum absolute atomic E-state index is 13.2. The molecule has 0 N–H and O–H groups in total. The van der Waals surface area contributed by atoms with Gasteiger partial charge in [-0.05, 0) is 47.5 Å². The minimum absolute atomic E-state index is 0.101. The molecule has 0 aliphatic heterocycles. The highest BCUT2D eigenvalue weighted by atomic mass is 79.9. The van der Waals surface area contributed by atoms with E-state index in [-0.39, 0.29) is 12.2 Å². The Morgan fingerprint density at radius 2 is 2.05 bits per heavy atom. The van der Waals surface area contributed by atoms with Crippen LogP contribution in [-0.4, -0.2) is 9.55 Å². The molecule has 0 spiro atoms. The number of aromatic nitrogens is 2. The van der Waals surface area contributed by atoms with Gasteiger partial charge in [-0.3, -0.25) is 4.79 Å². The maximum atomic E-state index is 13.2. The van der Waals surface area contributed by atoms with E-state index in [4.69, 9.17) is 4.74 Å². The Kier molecular flexibility index (Phi) is 4.23. The van der Waals surface area contributed by atoms with Crippen LogP contribution in [0.15, 0.2) is 27.5 Å². The zero-order valence-corrected chi connectivity index (χ0v) is 13.0. The van der Waals surface area contributed by atoms with E-state index in [2.05, 4.69) is 20.9 Å². The fourth-order valence-corrected chi connectivity index (χ4v) is 2.28. The third kappa shape index (κ3) is 3.07. The molecule has 0 radical (unpaired) electrons. The molecule has 2 aromatic rings. The van der Waals surface area contributed by atoms with Crippen LogP contribution in [0, 0.1) is 19.8 Å². The van der Waals surface area contributed by atoms with E-state index < -0.39 is 5.95 Å². The van der Waals surface area contributed by atoms with Crippen LogP contribution in [0.25, 0.3) is 0 Å². The first kappa shape index (κ1) is 14.7. The lowest BCUT2D eigenvalue weighted by atomic mass is 10.2. The minimum Gasteiger partial charge on any atom is -0.486 e. The van der Waals surface area contributed by atoms with Gasteiger partial charge in [-0.2, -0.15) is 4.39 Å². The van der Waals surface area contributed by atoms with Crippen molar-refractivity contribution in [1.82, 2.24) is 9.55 Å². The smallest absolute Gasteiger partial charge is 0.268 e. The van der Waals surface area contributed by atoms with Gasteiger partial charge < -0.3 is 9.30 Å². The molecule has 0 saturated heterocycles. The molecule has 2 aromatic heterocycles. The Bertz CT molecular complexity index is 693. The number of hydrogen-bond donors (Lipinski definition) is 0. The molecule has 2 heterocycles. The van der Waals surface area contributed by atoms with Crippen molar-refractivity contribution in [3.63, 3.8) is 0 Å². The molecule has 0 aliphatic rings. The van der Waals surface area contributed by atoms with Gasteiger partial charge in [0.15, 0.2) is 0 Å². The third-order valence-electron chi connectivity index (χ3n) is 2.94. The summed E-state index contributed by atoms with van der Waals surface area (Å²) in [4.78, 5) is 15.6. The molecule has 0 atom stereocenters. The lowest BCUT2D eigenvalue weighted by molar-refractivity contribution is 0.295. The number of rotatable bonds is 3. The fraction of sp³-hybridized carbons (Fsp3) is 0.286. The molecular formula is C14H14BrFN2O2. The van der Waals surface area contributed by atoms with Crippen molar-refractivity contribution in [3.05, 3.63) is 55.9 Å². The number of hydrogen-bond acceptors (Lipinski definition) is 3. The van der Waals surface area contributed by atoms with Crippen molar-refractivity contribution >= 4 is 15.9 Å². The van der Waals surface area contributed by atoms with Crippen molar-refractivity contribution in [2.45, 2.75) is 20.5 Å². The summed E-state index contributed by atoms with van der Waals surface area (Å²) in [6.45, 7) is 3.70. The van der Waals surface area contributed by atoms with Gasteiger partial charge in [0.1, 0.15) is 16.8 Å². The second-order valence-corrected chi connectivity index (χ2v) is 5.37. The van der Waals surface area contributed by atoms with Crippen molar-refractivity contribution in [2.24, 2.45) is 7.05 Å². The summed E-state index contributed by atoms with van der Waals surface area (Å²) in [7, 11) is 1.68. The average Bonchev–Trinajstić information content (AvgIpc) is 2.38. The SMILES string of the molecule is Cc1cc(F)nc(COc2cc(C)n(C)c(=O)c2Br)c1. The highest BCUT2D eigenvalue weighted by Crippen LogP contribution is 2.22. The zero-order chi connectivity index (χ0) is 14.9. The Labute approximate surface area is 124 Å². The first-order valence-corrected chi connectivity index (χ1v) is 6.80. The zero-order valence-electron chi connectivity index (χ0n) is 11.4. The van der Waals surface area contributed by atoms with Gasteiger partial charge in [-0.1, -0.05) is 0 Å². The maximum Gasteiger partial charge on any atom is 0.268 e. The molecule has 20 heavy (non-hydrogen) atoms. The van der Waals surface area contributed by atoms with Crippen molar-refractivity contribution in [2.75, 3.05) is 0 Å². The van der Waals surface area contributed by atoms with E-state index in [0.717, 1.165) is 11.3 Å². The van der Waals surface area contributed by atoms with Gasteiger partial charge in [-0.25, -0.2) is 4.98 Å². The predicted molar refractivity (Wildman–Crippen MR) is 77.4 cm³/mol. The van der Waals surface area contributed by atoms with Crippen molar-refractivity contribution in [1.29, 1.82) is 0 Å². The van der Waals surface area contributed by atoms with E-state index in [1.165, 1.54) is 10.6 Å². The second kappa shape index (κ2) is 5.75. The second-order valence-electron chi connectivity index (χ2n) is 4.58. The molecule has 106 valence electrons. The number of pyridine rings is 2. The lowest BCUT2D eigenvalue weighted by Crippen LogP contribution is -2.20. The number of halogens is 2. The van der Waals surface area contributed by atoms with Crippen LogP contribution < -0.4 is 10.3 Å². The molecule has 4 nitrogen and oxygen atoms in total. The third-order valence-corrected chi connectivity index (χ3v) is 3.67. The van der Waals surface area contributed by atoms with Gasteiger partial charge in [0.2, 0.25) is 5.95 Å². The summed E-state index contributed by atoms with van der Waals surface area (Å²) in [5, 5.41) is 0. The van der Waals surface area contributed by atoms with E-state index in [1.807, 2.05) is 6.92 Å². The van der Waals surface area contributed by atoms with Crippen LogP contribution in [0.4, 0.5) is 4.39 Å². The predicted octanol–water partition coefficient (Wildman–Crippen LogP) is 2.88. The van der Waals surface area contributed by atoms with Crippen LogP contribution in [0.5, 0.6) is 5.75 Å². The molecular weight excluding hydrogens is 327 g/mol. The first-order chi connectivity index (χ1) is 9.38. The lowest BCUT2D eigenvalue weighted by Gasteiger charge is -2.11. The normalized spacial score (nSPS) is 10.7. The van der Waals surface area contributed by atoms with E-state index in [0.29, 0.717) is 15.9 Å². The largest absolute Gasteiger partial charge is 0.486 e. The summed E-state index contributed by atoms with van der Waals surface area (Å²) in [5.41, 5.74) is 1.85. The van der Waals surface area contributed by atoms with Crippen LogP contribution >= 0.6 is 15.9 Å². The number of aryl methyl sites for hydroxylation is 2. The standard InChI is InChI=1S/C14H14BrFN2O2/c1-8-4-10(17-12(16)5-8)7-20-11-6-9(2)18(3)14(19)13(11)15/h4-6H,7H2,1-3H3. The van der Waals surface area contributed by atoms with E-state index in [9.17, 15) is 9.18 Å². The van der Waals surface area contributed by atoms with Crippen LogP contribution in [0.3, 0.4) is 0 Å². The minimum atomic E-state index is -0.539. The van der Waals surface area contributed by atoms with Gasteiger partial charge in [0.05, 0.1) is 5.69 Å². The number of ether oxygens (including phenoxy) is 1. The molecule has 2 rings (SSSR count). The van der Waals surface area contributed by atoms with E-state index in [1.54, 1.807) is 26.1 Å². The van der Waals surface area contributed by atoms with E-state index >= 15 is 0 Å². The first-order valence-electron chi connectivity index (χ1n) is 6.00. The molecule has 0 aromatic carbocycles. The Hall–Kier alpha value is -1.69. The Morgan fingerprint density at radius 3 is 2.70 bits per heavy atom. The highest BCUT2D eigenvalue weighted by Gasteiger charge is 2.10. The molecule has 0 fully saturated rings. The summed E-state index contributed by atoms with van der Waals surface area (Å²) in [6.07, 6.45) is 0. The summed E-state index contributed by atoms with van der Waals surface area (Å²) in [6, 6.07) is 4.84. The molecule has 0 saturated carbocycles. The van der Waals surface area contributed by atoms with Gasteiger partial charge >= 0.3 is 0 Å². The quantitative estimate of drug-likeness (QED) is 0.807. The van der Waals surface area contributed by atoms with Gasteiger partial charge in [-0.15, -0.1) is 0 Å². The molecule has 6 heteroatoms. The van der Waals surface area contributed by atoms with Crippen LogP contribution in [0.2, 0.25) is 0 Å². The van der Waals surface area contributed by atoms with Crippen molar-refractivity contribution < 1.29 is 9.13 Å². The Morgan fingerprint density at radius 1 is 1.35 bits per heavy atom. The van der Waals surface area contributed by atoms with Gasteiger partial charge in [0, 0.05) is 18.8 Å². The topological polar surface area (TPSA) is 44.1 Å². The molecule has 0 unspecified atom stereocenters. The molecule has 0 amide bonds. The van der Waals surface area contributed by atoms with Crippen LogP contribution in [-0.2, 0) is 13.7 Å². The monoisotopic (exact) mass is 340 g/mol. The average molecular weight is 341 g/mol. The van der Waals surface area contributed by atoms with Crippen molar-refractivity contribution in [3.8, 4) is 5.75 Å². The summed E-state index contributed by atoms with van der Waals surface area (Å²) >= 11 is 3.21. The van der Waals surface area contributed by atoms with Crippen LogP contribution in [0.1, 0.15) is 17.0 Å². The molecule has 0 aliphatic carbocycles. The highest BCUT2D eigenvalue weighted by molar-refractivity contribution is 9.10. The fourth-order valence-electron chi connectivity index (χ4n) is 1.79. The Balaban J connectivity index is 2.25. The summed E-state index contributed by atoms with van der Waals surface area (Å²) < 4.78 is 20.6. The van der Waals surface area contributed by atoms with Gasteiger partial charge in [0.25, 0.3) is 5.56 Å². The summed E-state index contributed by atoms with van der Waals surface area (Å²) in [5.74, 6) is -0.114.